The molecule has 1 atom stereocenters. The van der Waals surface area contributed by atoms with E-state index in [1.54, 1.807) is 13.2 Å². The first kappa shape index (κ1) is 16.5. The van der Waals surface area contributed by atoms with Gasteiger partial charge in [-0.3, -0.25) is 4.90 Å². The van der Waals surface area contributed by atoms with Crippen LogP contribution in [0.1, 0.15) is 26.3 Å². The molecule has 0 saturated heterocycles. The van der Waals surface area contributed by atoms with Gasteiger partial charge in [-0.1, -0.05) is 12.1 Å². The number of carbonyl (C=O) groups is 1. The maximum atomic E-state index is 11.5. The normalized spacial score (nSPS) is 13.1. The van der Waals surface area contributed by atoms with Crippen molar-refractivity contribution in [3.63, 3.8) is 0 Å². The van der Waals surface area contributed by atoms with Crippen LogP contribution in [0.15, 0.2) is 24.3 Å². The highest BCUT2D eigenvalue weighted by molar-refractivity contribution is 5.87. The summed E-state index contributed by atoms with van der Waals surface area (Å²) in [4.78, 5) is 12.8. The van der Waals surface area contributed by atoms with E-state index < -0.39 is 11.6 Å². The van der Waals surface area contributed by atoms with Crippen LogP contribution in [-0.4, -0.2) is 36.5 Å². The summed E-state index contributed by atoms with van der Waals surface area (Å²) in [6, 6.07) is 7.37. The predicted molar refractivity (Wildman–Crippen MR) is 80.3 cm³/mol. The zero-order valence-electron chi connectivity index (χ0n) is 12.6. The van der Waals surface area contributed by atoms with E-state index in [4.69, 9.17) is 10.5 Å². The highest BCUT2D eigenvalue weighted by Crippen LogP contribution is 2.25. The molecule has 1 rings (SSSR count). The Balaban J connectivity index is 2.99. The fraction of sp³-hybridized carbons (Fsp3) is 0.533. The quantitative estimate of drug-likeness (QED) is 0.868. The predicted octanol–water partition coefficient (Wildman–Crippen LogP) is 2.49. The molecule has 1 aromatic rings. The van der Waals surface area contributed by atoms with Crippen LogP contribution in [0.25, 0.3) is 0 Å². The third kappa shape index (κ3) is 4.51. The van der Waals surface area contributed by atoms with E-state index in [-0.39, 0.29) is 6.04 Å². The molecular formula is C15H24N2O3. The summed E-state index contributed by atoms with van der Waals surface area (Å²) in [5.41, 5.74) is 7.09. The number of ether oxygens (including phenoxy) is 1. The number of benzene rings is 1. The van der Waals surface area contributed by atoms with Gasteiger partial charge >= 0.3 is 6.09 Å². The number of nitrogens with two attached hydrogens (primary N) is 1. The van der Waals surface area contributed by atoms with Crippen molar-refractivity contribution in [2.75, 3.05) is 18.6 Å². The van der Waals surface area contributed by atoms with Crippen LogP contribution in [0.4, 0.5) is 10.5 Å². The lowest BCUT2D eigenvalue weighted by atomic mass is 10.0. The molecule has 1 aromatic carbocycles. The lowest BCUT2D eigenvalue weighted by Crippen LogP contribution is -2.45. The molecule has 0 spiro atoms. The molecule has 0 radical (unpaired) electrons. The summed E-state index contributed by atoms with van der Waals surface area (Å²) in [5.74, 6) is 0. The minimum atomic E-state index is -0.962. The lowest BCUT2D eigenvalue weighted by Gasteiger charge is -2.33. The van der Waals surface area contributed by atoms with Crippen molar-refractivity contribution in [2.45, 2.75) is 38.8 Å². The van der Waals surface area contributed by atoms with E-state index >= 15 is 0 Å². The minimum absolute atomic E-state index is 0.0943. The van der Waals surface area contributed by atoms with Gasteiger partial charge in [0.2, 0.25) is 0 Å². The molecule has 112 valence electrons. The number of anilines is 1. The van der Waals surface area contributed by atoms with Crippen LogP contribution in [0.3, 0.4) is 0 Å². The second kappa shape index (κ2) is 6.72. The van der Waals surface area contributed by atoms with E-state index in [0.29, 0.717) is 18.7 Å². The monoisotopic (exact) mass is 280 g/mol. The van der Waals surface area contributed by atoms with Gasteiger partial charge in [0, 0.05) is 24.4 Å². The molecule has 0 aromatic heterocycles. The van der Waals surface area contributed by atoms with Crippen molar-refractivity contribution in [1.82, 2.24) is 0 Å². The third-order valence-corrected chi connectivity index (χ3v) is 2.91. The SMILES string of the molecule is COC[C@@H](N)Cc1cccc(N(C(=O)O)C(C)(C)C)c1. The molecule has 5 nitrogen and oxygen atoms in total. The average Bonchev–Trinajstić information content (AvgIpc) is 2.26. The molecular weight excluding hydrogens is 256 g/mol. The summed E-state index contributed by atoms with van der Waals surface area (Å²) in [6.45, 7) is 6.07. The molecule has 0 aliphatic heterocycles. The second-order valence-electron chi connectivity index (χ2n) is 5.88. The molecule has 0 aliphatic rings. The molecule has 20 heavy (non-hydrogen) atoms. The summed E-state index contributed by atoms with van der Waals surface area (Å²) in [7, 11) is 1.61. The van der Waals surface area contributed by atoms with E-state index in [0.717, 1.165) is 5.56 Å². The molecule has 0 saturated carbocycles. The smallest absolute Gasteiger partial charge is 0.412 e. The molecule has 0 aliphatic carbocycles. The Kier molecular flexibility index (Phi) is 5.53. The highest BCUT2D eigenvalue weighted by atomic mass is 16.5. The number of hydrogen-bond donors (Lipinski definition) is 2. The average molecular weight is 280 g/mol. The van der Waals surface area contributed by atoms with E-state index in [1.165, 1.54) is 4.90 Å². The maximum Gasteiger partial charge on any atom is 0.412 e. The first-order valence-corrected chi connectivity index (χ1v) is 6.62. The van der Waals surface area contributed by atoms with Gasteiger partial charge in [0.15, 0.2) is 0 Å². The van der Waals surface area contributed by atoms with Crippen molar-refractivity contribution >= 4 is 11.8 Å². The van der Waals surface area contributed by atoms with Crippen LogP contribution in [0, 0.1) is 0 Å². The second-order valence-corrected chi connectivity index (χ2v) is 5.88. The molecule has 5 heteroatoms. The summed E-state index contributed by atoms with van der Waals surface area (Å²) in [6.07, 6.45) is -0.310. The van der Waals surface area contributed by atoms with Crippen molar-refractivity contribution in [3.8, 4) is 0 Å². The zero-order chi connectivity index (χ0) is 15.3. The minimum Gasteiger partial charge on any atom is -0.465 e. The standard InChI is InChI=1S/C15H24N2O3/c1-15(2,3)17(14(18)19)13-7-5-6-11(9-13)8-12(16)10-20-4/h5-7,9,12H,8,10,16H2,1-4H3,(H,18,19)/t12-/m0/s1. The van der Waals surface area contributed by atoms with Crippen molar-refractivity contribution < 1.29 is 14.6 Å². The molecule has 0 unspecified atom stereocenters. The Morgan fingerprint density at radius 2 is 2.10 bits per heavy atom. The van der Waals surface area contributed by atoms with E-state index in [9.17, 15) is 9.90 Å². The Morgan fingerprint density at radius 3 is 2.60 bits per heavy atom. The molecule has 1 amide bonds. The van der Waals surface area contributed by atoms with Crippen molar-refractivity contribution in [2.24, 2.45) is 5.73 Å². The maximum absolute atomic E-state index is 11.5. The van der Waals surface area contributed by atoms with Crippen molar-refractivity contribution in [1.29, 1.82) is 0 Å². The van der Waals surface area contributed by atoms with E-state index in [2.05, 4.69) is 0 Å². The summed E-state index contributed by atoms with van der Waals surface area (Å²) in [5, 5.41) is 9.40. The number of methoxy groups -OCH3 is 1. The van der Waals surface area contributed by atoms with Gasteiger partial charge in [-0.2, -0.15) is 0 Å². The first-order valence-electron chi connectivity index (χ1n) is 6.62. The number of amides is 1. The van der Waals surface area contributed by atoms with Crippen LogP contribution in [0.2, 0.25) is 0 Å². The number of carboxylic acid groups (broad SMARTS) is 1. The van der Waals surface area contributed by atoms with Crippen LogP contribution >= 0.6 is 0 Å². The largest absolute Gasteiger partial charge is 0.465 e. The van der Waals surface area contributed by atoms with Crippen LogP contribution < -0.4 is 10.6 Å². The fourth-order valence-electron chi connectivity index (χ4n) is 2.18. The molecule has 0 bridgehead atoms. The number of hydrogen-bond acceptors (Lipinski definition) is 3. The Hall–Kier alpha value is -1.59. The molecule has 3 N–H and O–H groups in total. The van der Waals surface area contributed by atoms with E-state index in [1.807, 2.05) is 39.0 Å². The first-order chi connectivity index (χ1) is 9.25. The Morgan fingerprint density at radius 1 is 1.45 bits per heavy atom. The Bertz CT molecular complexity index is 455. The van der Waals surface area contributed by atoms with Gasteiger partial charge in [-0.05, 0) is 44.9 Å². The molecule has 0 fully saturated rings. The fourth-order valence-corrected chi connectivity index (χ4v) is 2.18. The third-order valence-electron chi connectivity index (χ3n) is 2.91. The molecule has 0 heterocycles. The lowest BCUT2D eigenvalue weighted by molar-refractivity contribution is 0.180. The Labute approximate surface area is 120 Å². The topological polar surface area (TPSA) is 75.8 Å². The van der Waals surface area contributed by atoms with Gasteiger partial charge in [0.1, 0.15) is 0 Å². The number of nitrogens with zero attached hydrogens (tertiary/aromatic N) is 1. The van der Waals surface area contributed by atoms with Gasteiger partial charge in [-0.25, -0.2) is 4.79 Å². The highest BCUT2D eigenvalue weighted by Gasteiger charge is 2.27. The zero-order valence-corrected chi connectivity index (χ0v) is 12.6. The van der Waals surface area contributed by atoms with Crippen LogP contribution in [-0.2, 0) is 11.2 Å². The van der Waals surface area contributed by atoms with Crippen molar-refractivity contribution in [3.05, 3.63) is 29.8 Å². The van der Waals surface area contributed by atoms with Gasteiger partial charge in [0.05, 0.1) is 6.61 Å². The number of rotatable bonds is 5. The van der Waals surface area contributed by atoms with Gasteiger partial charge < -0.3 is 15.6 Å². The summed E-state index contributed by atoms with van der Waals surface area (Å²) < 4.78 is 5.02. The summed E-state index contributed by atoms with van der Waals surface area (Å²) >= 11 is 0. The van der Waals surface area contributed by atoms with Gasteiger partial charge in [-0.15, -0.1) is 0 Å². The van der Waals surface area contributed by atoms with Crippen LogP contribution in [0.5, 0.6) is 0 Å². The van der Waals surface area contributed by atoms with Gasteiger partial charge in [0.25, 0.3) is 0 Å².